The van der Waals surface area contributed by atoms with E-state index < -0.39 is 12.0 Å². The summed E-state index contributed by atoms with van der Waals surface area (Å²) in [6.45, 7) is 9.24. The second-order valence-corrected chi connectivity index (χ2v) is 6.33. The Labute approximate surface area is 142 Å². The van der Waals surface area contributed by atoms with Crippen molar-refractivity contribution in [3.05, 3.63) is 5.21 Å². The van der Waals surface area contributed by atoms with Crippen molar-refractivity contribution in [3.63, 3.8) is 0 Å². The molecule has 0 spiro atoms. The molecule has 23 heavy (non-hydrogen) atoms. The van der Waals surface area contributed by atoms with Gasteiger partial charge in [-0.3, -0.25) is 0 Å². The molecule has 0 fully saturated rings. The number of unbranched alkanes of at least 4 members (excludes halogenated alkanes) is 3. The zero-order valence-electron chi connectivity index (χ0n) is 15.6. The summed E-state index contributed by atoms with van der Waals surface area (Å²) in [5.74, 6) is -0.0662. The van der Waals surface area contributed by atoms with Gasteiger partial charge in [0.15, 0.2) is 0 Å². The summed E-state index contributed by atoms with van der Waals surface area (Å²) in [6, 6.07) is -0.681. The lowest BCUT2D eigenvalue weighted by Crippen LogP contribution is -2.42. The Morgan fingerprint density at radius 2 is 1.52 bits per heavy atom. The molecule has 0 radical (unpaired) electrons. The first-order valence-corrected chi connectivity index (χ1v) is 9.47. The van der Waals surface area contributed by atoms with Gasteiger partial charge in [0.1, 0.15) is 0 Å². The van der Waals surface area contributed by atoms with Crippen LogP contribution in [0.3, 0.4) is 0 Å². The first-order chi connectivity index (χ1) is 11.1. The van der Waals surface area contributed by atoms with E-state index >= 15 is 0 Å². The van der Waals surface area contributed by atoms with Crippen molar-refractivity contribution < 1.29 is 9.63 Å². The van der Waals surface area contributed by atoms with Gasteiger partial charge in [-0.1, -0.05) is 59.3 Å². The predicted octanol–water partition coefficient (Wildman–Crippen LogP) is 4.41. The third kappa shape index (κ3) is 10.7. The van der Waals surface area contributed by atoms with Crippen molar-refractivity contribution in [1.29, 1.82) is 0 Å². The molecule has 0 aliphatic heterocycles. The van der Waals surface area contributed by atoms with Gasteiger partial charge in [-0.05, 0) is 38.6 Å². The van der Waals surface area contributed by atoms with Crippen LogP contribution in [0.25, 0.3) is 0 Å². The molecule has 0 aromatic carbocycles. The highest BCUT2D eigenvalue weighted by molar-refractivity contribution is 5.75. The number of hydrogen-bond acceptors (Lipinski definition) is 5. The van der Waals surface area contributed by atoms with Crippen LogP contribution in [0.15, 0.2) is 0 Å². The quantitative estimate of drug-likeness (QED) is 0.451. The fourth-order valence-electron chi connectivity index (χ4n) is 2.68. The zero-order chi connectivity index (χ0) is 17.5. The molecule has 1 unspecified atom stereocenters. The molecule has 5 nitrogen and oxygen atoms in total. The van der Waals surface area contributed by atoms with Gasteiger partial charge in [0.25, 0.3) is 0 Å². The van der Waals surface area contributed by atoms with Gasteiger partial charge in [0.05, 0.1) is 6.04 Å². The molecule has 0 saturated heterocycles. The summed E-state index contributed by atoms with van der Waals surface area (Å²) in [4.78, 5) is 17.1. The summed E-state index contributed by atoms with van der Waals surface area (Å²) >= 11 is 0. The Morgan fingerprint density at radius 1 is 1.00 bits per heavy atom. The molecular weight excluding hydrogens is 292 g/mol. The van der Waals surface area contributed by atoms with Crippen molar-refractivity contribution >= 4 is 5.97 Å². The molecule has 0 aliphatic rings. The molecule has 1 atom stereocenters. The SMILES string of the molecule is CCCCC(CCCC)CN([O-])C(CCCC)C(=O)ONCC. The Balaban J connectivity index is 4.65. The lowest BCUT2D eigenvalue weighted by atomic mass is 9.95. The Morgan fingerprint density at radius 3 is 2.00 bits per heavy atom. The minimum absolute atomic E-state index is 0.378. The summed E-state index contributed by atoms with van der Waals surface area (Å²) in [6.07, 6.45) is 9.10. The van der Waals surface area contributed by atoms with Crippen molar-refractivity contribution in [3.8, 4) is 0 Å². The van der Waals surface area contributed by atoms with Crippen LogP contribution in [0.5, 0.6) is 0 Å². The number of hydroxylamine groups is 3. The van der Waals surface area contributed by atoms with Gasteiger partial charge in [-0.25, -0.2) is 4.79 Å². The number of hydrogen-bond donors (Lipinski definition) is 1. The van der Waals surface area contributed by atoms with Crippen LogP contribution in [-0.2, 0) is 9.63 Å². The second kappa shape index (κ2) is 14.9. The molecule has 0 heterocycles. The van der Waals surface area contributed by atoms with Gasteiger partial charge >= 0.3 is 5.97 Å². The number of carbonyl (C=O) groups excluding carboxylic acids is 1. The van der Waals surface area contributed by atoms with E-state index in [2.05, 4.69) is 26.3 Å². The van der Waals surface area contributed by atoms with Crippen molar-refractivity contribution in [1.82, 2.24) is 10.5 Å². The topological polar surface area (TPSA) is 64.6 Å². The van der Waals surface area contributed by atoms with E-state index in [0.717, 1.165) is 56.4 Å². The third-order valence-electron chi connectivity index (χ3n) is 4.14. The maximum absolute atomic E-state index is 12.6. The van der Waals surface area contributed by atoms with Crippen molar-refractivity contribution in [2.45, 2.75) is 91.5 Å². The lowest BCUT2D eigenvalue weighted by Gasteiger charge is -2.38. The second-order valence-electron chi connectivity index (χ2n) is 6.33. The maximum atomic E-state index is 12.6. The molecule has 138 valence electrons. The van der Waals surface area contributed by atoms with Crippen LogP contribution in [0.4, 0.5) is 0 Å². The average Bonchev–Trinajstić information content (AvgIpc) is 2.55. The summed E-state index contributed by atoms with van der Waals surface area (Å²) in [5, 5.41) is 13.6. The van der Waals surface area contributed by atoms with E-state index in [9.17, 15) is 10.0 Å². The van der Waals surface area contributed by atoms with E-state index in [1.54, 1.807) is 0 Å². The third-order valence-corrected chi connectivity index (χ3v) is 4.14. The van der Waals surface area contributed by atoms with Gasteiger partial charge in [0, 0.05) is 6.54 Å². The van der Waals surface area contributed by atoms with E-state index in [1.165, 1.54) is 0 Å². The first kappa shape index (κ1) is 22.4. The molecule has 1 N–H and O–H groups in total. The van der Waals surface area contributed by atoms with Crippen molar-refractivity contribution in [2.75, 3.05) is 13.1 Å². The largest absolute Gasteiger partial charge is 0.785 e. The molecule has 0 amide bonds. The Hall–Kier alpha value is -0.650. The van der Waals surface area contributed by atoms with E-state index in [0.29, 0.717) is 25.4 Å². The molecular formula is C18H37N2O3-. The van der Waals surface area contributed by atoms with E-state index in [1.807, 2.05) is 6.92 Å². The summed E-state index contributed by atoms with van der Waals surface area (Å²) < 4.78 is 0. The molecule has 0 saturated carbocycles. The monoisotopic (exact) mass is 329 g/mol. The van der Waals surface area contributed by atoms with Crippen molar-refractivity contribution in [2.24, 2.45) is 5.92 Å². The predicted molar refractivity (Wildman–Crippen MR) is 95.7 cm³/mol. The molecule has 0 bridgehead atoms. The zero-order valence-corrected chi connectivity index (χ0v) is 15.6. The van der Waals surface area contributed by atoms with E-state index in [4.69, 9.17) is 4.84 Å². The summed E-state index contributed by atoms with van der Waals surface area (Å²) in [5.41, 5.74) is 2.57. The Bertz CT molecular complexity index is 279. The van der Waals surface area contributed by atoms with Crippen LogP contribution in [0.2, 0.25) is 0 Å². The number of nitrogens with one attached hydrogen (secondary N) is 1. The highest BCUT2D eigenvalue weighted by Crippen LogP contribution is 2.20. The van der Waals surface area contributed by atoms with Crippen LogP contribution < -0.4 is 5.48 Å². The van der Waals surface area contributed by atoms with Gasteiger partial charge in [0.2, 0.25) is 0 Å². The molecule has 0 aromatic rings. The summed E-state index contributed by atoms with van der Waals surface area (Å²) in [7, 11) is 0. The van der Waals surface area contributed by atoms with Gasteiger partial charge < -0.3 is 15.1 Å². The van der Waals surface area contributed by atoms with Crippen LogP contribution in [0.1, 0.15) is 85.5 Å². The molecule has 5 heteroatoms. The Kier molecular flexibility index (Phi) is 14.5. The minimum atomic E-state index is -0.681. The van der Waals surface area contributed by atoms with Crippen LogP contribution in [0, 0.1) is 11.1 Å². The van der Waals surface area contributed by atoms with E-state index in [-0.39, 0.29) is 0 Å². The molecule has 0 rings (SSSR count). The highest BCUT2D eigenvalue weighted by atomic mass is 16.7. The van der Waals surface area contributed by atoms with Crippen LogP contribution in [-0.4, -0.2) is 30.2 Å². The number of carbonyl (C=O) groups is 1. The standard InChI is InChI=1S/C18H37N2O3/c1-5-9-12-16(13-10-6-2)15-20(22)17(14-11-7-3)18(21)23-19-8-4/h16-17,19H,5-15H2,1-4H3/q-1. The molecule has 0 aliphatic carbocycles. The smallest absolute Gasteiger partial charge is 0.341 e. The average molecular weight is 330 g/mol. The van der Waals surface area contributed by atoms with Crippen LogP contribution >= 0.6 is 0 Å². The fraction of sp³-hybridized carbons (Fsp3) is 0.944. The first-order valence-electron chi connectivity index (χ1n) is 9.47. The normalized spacial score (nSPS) is 12.8. The lowest BCUT2D eigenvalue weighted by molar-refractivity contribution is -0.157. The minimum Gasteiger partial charge on any atom is -0.785 e. The van der Waals surface area contributed by atoms with Gasteiger partial charge in [-0.2, -0.15) is 5.48 Å². The molecule has 0 aromatic heterocycles. The number of rotatable bonds is 15. The van der Waals surface area contributed by atoms with Gasteiger partial charge in [-0.15, -0.1) is 0 Å². The number of nitrogens with zero attached hydrogens (tertiary/aromatic N) is 1. The highest BCUT2D eigenvalue weighted by Gasteiger charge is 2.23. The maximum Gasteiger partial charge on any atom is 0.341 e. The fourth-order valence-corrected chi connectivity index (χ4v) is 2.68.